The van der Waals surface area contributed by atoms with Gasteiger partial charge in [0.2, 0.25) is 0 Å². The second-order valence-electron chi connectivity index (χ2n) is 8.25. The number of hydrogen-bond acceptors (Lipinski definition) is 17. The van der Waals surface area contributed by atoms with Crippen LogP contribution in [-0.4, -0.2) is 122 Å². The number of ether oxygens (including phenoxy) is 2. The number of nitrogen functional groups attached to an aromatic ring is 1. The largest absolute Gasteiger partial charge is 0.483 e. The van der Waals surface area contributed by atoms with Crippen LogP contribution in [-0.2, 0) is 32.0 Å². The number of nitrogens with zero attached hydrogens (tertiary/aromatic N) is 4. The number of anilines is 1. The van der Waals surface area contributed by atoms with E-state index in [0.717, 1.165) is 6.33 Å². The summed E-state index contributed by atoms with van der Waals surface area (Å²) in [5.41, 5.74) is 6.05. The Labute approximate surface area is 212 Å². The van der Waals surface area contributed by atoms with E-state index in [1.165, 1.54) is 10.9 Å². The summed E-state index contributed by atoms with van der Waals surface area (Å²) in [6.07, 6.45) is -13.3. The maximum absolute atomic E-state index is 12.3. The third-order valence-corrected chi connectivity index (χ3v) is 8.29. The SMILES string of the molecule is Nc1ncnc2c1ncn2[C@@H]1O[C@H](COP(=O)(O)OP(=O)(O)O[C@@H]2O[C@H](CO)[C@@H](O)[C@H](O)[C@@H]2O)[C@@H](O)[C@H]1O. The maximum atomic E-state index is 12.3. The highest BCUT2D eigenvalue weighted by atomic mass is 31.3. The van der Waals surface area contributed by atoms with Crippen molar-refractivity contribution in [3.63, 3.8) is 0 Å². The van der Waals surface area contributed by atoms with E-state index in [2.05, 4.69) is 28.3 Å². The minimum atomic E-state index is -5.56. The van der Waals surface area contributed by atoms with Crippen LogP contribution in [0.3, 0.4) is 0 Å². The first-order chi connectivity index (χ1) is 17.7. The minimum Gasteiger partial charge on any atom is -0.394 e. The first kappa shape index (κ1) is 29.3. The Balaban J connectivity index is 1.38. The van der Waals surface area contributed by atoms with Gasteiger partial charge in [-0.3, -0.25) is 13.6 Å². The molecule has 2 aliphatic rings. The topological polar surface area (TPSA) is 312 Å². The number of phosphoric ester groups is 2. The zero-order valence-corrected chi connectivity index (χ0v) is 20.7. The molecule has 2 fully saturated rings. The molecule has 0 amide bonds. The lowest BCUT2D eigenvalue weighted by molar-refractivity contribution is -0.280. The van der Waals surface area contributed by atoms with Gasteiger partial charge in [0.05, 0.1) is 19.5 Å². The second-order valence-corrected chi connectivity index (χ2v) is 11.2. The summed E-state index contributed by atoms with van der Waals surface area (Å²) >= 11 is 0. The van der Waals surface area contributed by atoms with Gasteiger partial charge < -0.3 is 55.6 Å². The fourth-order valence-corrected chi connectivity index (χ4v) is 5.94. The third-order valence-electron chi connectivity index (χ3n) is 5.69. The van der Waals surface area contributed by atoms with E-state index in [0.29, 0.717) is 0 Å². The van der Waals surface area contributed by atoms with Crippen LogP contribution >= 0.6 is 15.6 Å². The molecular formula is C16H25N5O15P2. The molecule has 11 atom stereocenters. The van der Waals surface area contributed by atoms with Crippen molar-refractivity contribution in [2.75, 3.05) is 18.9 Å². The van der Waals surface area contributed by atoms with Crippen molar-refractivity contribution in [3.05, 3.63) is 12.7 Å². The highest BCUT2D eigenvalue weighted by molar-refractivity contribution is 7.61. The molecule has 2 aromatic rings. The van der Waals surface area contributed by atoms with Crippen molar-refractivity contribution in [3.8, 4) is 0 Å². The van der Waals surface area contributed by atoms with Crippen LogP contribution in [0.5, 0.6) is 0 Å². The predicted molar refractivity (Wildman–Crippen MR) is 117 cm³/mol. The molecule has 22 heteroatoms. The number of aliphatic hydroxyl groups is 6. The van der Waals surface area contributed by atoms with Gasteiger partial charge in [-0.2, -0.15) is 4.31 Å². The van der Waals surface area contributed by atoms with Gasteiger partial charge in [-0.1, -0.05) is 0 Å². The van der Waals surface area contributed by atoms with Crippen molar-refractivity contribution in [1.29, 1.82) is 0 Å². The standard InChI is InChI=1S/C16H25N5O15P2/c17-13-7-14(19-3-18-13)21(4-20-7)15-11(26)9(24)6(33-15)2-32-37(28,29)36-38(30,31)35-16-12(27)10(25)8(23)5(1-22)34-16/h3-6,8-12,15-16,22-27H,1-2H2,(H,28,29)(H,30,31)(H2,17,18,19)/t5-,6-,8-,9-,10+,11-,12+,15-,16+/m1/s1. The minimum absolute atomic E-state index is 0.0411. The molecule has 2 aliphatic heterocycles. The average molecular weight is 589 g/mol. The lowest BCUT2D eigenvalue weighted by Gasteiger charge is -2.39. The number of nitrogens with two attached hydrogens (primary N) is 1. The van der Waals surface area contributed by atoms with Crippen molar-refractivity contribution in [2.45, 2.75) is 55.2 Å². The molecule has 0 aromatic carbocycles. The van der Waals surface area contributed by atoms with Crippen LogP contribution in [0, 0.1) is 0 Å². The van der Waals surface area contributed by atoms with Gasteiger partial charge in [-0.15, -0.1) is 0 Å². The van der Waals surface area contributed by atoms with E-state index in [9.17, 15) is 44.4 Å². The number of hydrogen-bond donors (Lipinski definition) is 9. The lowest BCUT2D eigenvalue weighted by Crippen LogP contribution is -2.58. The number of aliphatic hydroxyl groups excluding tert-OH is 6. The Bertz CT molecular complexity index is 1230. The summed E-state index contributed by atoms with van der Waals surface area (Å²) in [5, 5.41) is 59.2. The van der Waals surface area contributed by atoms with E-state index in [1.807, 2.05) is 0 Å². The molecule has 0 radical (unpaired) electrons. The van der Waals surface area contributed by atoms with Crippen LogP contribution in [0.15, 0.2) is 12.7 Å². The fourth-order valence-electron chi connectivity index (χ4n) is 3.78. The second kappa shape index (κ2) is 11.0. The smallest absolute Gasteiger partial charge is 0.394 e. The van der Waals surface area contributed by atoms with Crippen molar-refractivity contribution < 1.29 is 72.4 Å². The Morgan fingerprint density at radius 2 is 1.61 bits per heavy atom. The van der Waals surface area contributed by atoms with Crippen LogP contribution in [0.4, 0.5) is 5.82 Å². The molecule has 0 spiro atoms. The summed E-state index contributed by atoms with van der Waals surface area (Å²) < 4.78 is 49.3. The van der Waals surface area contributed by atoms with Crippen LogP contribution in [0.1, 0.15) is 6.23 Å². The Kier molecular flexibility index (Phi) is 8.51. The molecule has 2 unspecified atom stereocenters. The summed E-state index contributed by atoms with van der Waals surface area (Å²) in [6, 6.07) is 0. The molecule has 214 valence electrons. The number of aromatic nitrogens is 4. The maximum Gasteiger partial charge on any atom is 0.483 e. The first-order valence-electron chi connectivity index (χ1n) is 10.7. The Morgan fingerprint density at radius 3 is 2.29 bits per heavy atom. The fraction of sp³-hybridized carbons (Fsp3) is 0.688. The van der Waals surface area contributed by atoms with Gasteiger partial charge in [0, 0.05) is 0 Å². The highest BCUT2D eigenvalue weighted by Crippen LogP contribution is 2.61. The molecule has 20 nitrogen and oxygen atoms in total. The Hall–Kier alpha value is -1.71. The summed E-state index contributed by atoms with van der Waals surface area (Å²) in [7, 11) is -11.0. The van der Waals surface area contributed by atoms with Crippen LogP contribution in [0.25, 0.3) is 11.2 Å². The normalized spacial score (nSPS) is 37.2. The number of fused-ring (bicyclic) bond motifs is 1. The average Bonchev–Trinajstić information content (AvgIpc) is 3.39. The summed E-state index contributed by atoms with van der Waals surface area (Å²) in [6.45, 7) is -1.82. The van der Waals surface area contributed by atoms with Gasteiger partial charge >= 0.3 is 15.6 Å². The van der Waals surface area contributed by atoms with E-state index in [4.69, 9.17) is 20.3 Å². The predicted octanol–water partition coefficient (Wildman–Crippen LogP) is -3.92. The number of phosphoric acid groups is 2. The van der Waals surface area contributed by atoms with Crippen molar-refractivity contribution >= 4 is 32.6 Å². The quantitative estimate of drug-likeness (QED) is 0.126. The van der Waals surface area contributed by atoms with Crippen LogP contribution < -0.4 is 5.73 Å². The molecule has 0 bridgehead atoms. The molecule has 0 aliphatic carbocycles. The van der Waals surface area contributed by atoms with Crippen molar-refractivity contribution in [2.24, 2.45) is 0 Å². The van der Waals surface area contributed by atoms with Gasteiger partial charge in [0.25, 0.3) is 0 Å². The number of imidazole rings is 1. The molecule has 38 heavy (non-hydrogen) atoms. The van der Waals surface area contributed by atoms with E-state index in [-0.39, 0.29) is 17.0 Å². The van der Waals surface area contributed by atoms with Gasteiger partial charge in [0.1, 0.15) is 54.6 Å². The summed E-state index contributed by atoms with van der Waals surface area (Å²) in [4.78, 5) is 31.5. The molecule has 4 heterocycles. The molecule has 2 aromatic heterocycles. The Morgan fingerprint density at radius 1 is 0.921 bits per heavy atom. The van der Waals surface area contributed by atoms with E-state index < -0.39 is 84.1 Å². The molecule has 2 saturated heterocycles. The molecule has 10 N–H and O–H groups in total. The molecule has 4 rings (SSSR count). The van der Waals surface area contributed by atoms with Gasteiger partial charge in [-0.05, 0) is 0 Å². The first-order valence-corrected chi connectivity index (χ1v) is 13.7. The number of rotatable bonds is 9. The summed E-state index contributed by atoms with van der Waals surface area (Å²) in [5.74, 6) is 0.0411. The zero-order chi connectivity index (χ0) is 28.0. The van der Waals surface area contributed by atoms with Crippen LogP contribution in [0.2, 0.25) is 0 Å². The third kappa shape index (κ3) is 5.89. The van der Waals surface area contributed by atoms with Gasteiger partial charge in [0.15, 0.2) is 24.0 Å². The van der Waals surface area contributed by atoms with E-state index >= 15 is 0 Å². The van der Waals surface area contributed by atoms with Gasteiger partial charge in [-0.25, -0.2) is 24.1 Å². The highest BCUT2D eigenvalue weighted by Gasteiger charge is 2.49. The lowest BCUT2D eigenvalue weighted by atomic mass is 10.00. The molecular weight excluding hydrogens is 564 g/mol. The molecule has 0 saturated carbocycles. The van der Waals surface area contributed by atoms with Crippen molar-refractivity contribution in [1.82, 2.24) is 19.5 Å². The zero-order valence-electron chi connectivity index (χ0n) is 19.0. The van der Waals surface area contributed by atoms with E-state index in [1.54, 1.807) is 0 Å². The monoisotopic (exact) mass is 589 g/mol.